The van der Waals surface area contributed by atoms with E-state index in [4.69, 9.17) is 0 Å². The molecule has 0 amide bonds. The lowest BCUT2D eigenvalue weighted by molar-refractivity contribution is 0.300. The first-order chi connectivity index (χ1) is 7.71. The number of halogens is 1. The third-order valence-corrected chi connectivity index (χ3v) is 4.05. The number of aromatic nitrogens is 2. The fourth-order valence-electron chi connectivity index (χ4n) is 3.16. The standard InChI is InChI=1S/C12H17N3O.ClH/c1-8-14-10-9(11(16)15-8)2-3-12(10)4-6-13-7-5-12;/h13H,2-7H2,1H3,(H,14,15,16);1H. The number of H-pyrrole nitrogens is 1. The highest BCUT2D eigenvalue weighted by Crippen LogP contribution is 2.42. The second-order valence-electron chi connectivity index (χ2n) is 5.01. The molecule has 4 nitrogen and oxygen atoms in total. The number of nitrogens with one attached hydrogen (secondary N) is 2. The third kappa shape index (κ3) is 1.89. The maximum absolute atomic E-state index is 11.8. The zero-order chi connectivity index (χ0) is 11.2. The van der Waals surface area contributed by atoms with E-state index in [1.54, 1.807) is 0 Å². The normalized spacial score (nSPS) is 21.0. The van der Waals surface area contributed by atoms with Crippen molar-refractivity contribution in [1.29, 1.82) is 0 Å². The Balaban J connectivity index is 0.00000108. The van der Waals surface area contributed by atoms with Gasteiger partial charge in [-0.25, -0.2) is 4.98 Å². The summed E-state index contributed by atoms with van der Waals surface area (Å²) in [5, 5.41) is 3.38. The summed E-state index contributed by atoms with van der Waals surface area (Å²) in [6.45, 7) is 3.97. The van der Waals surface area contributed by atoms with Gasteiger partial charge in [-0.3, -0.25) is 4.79 Å². The number of hydrogen-bond donors (Lipinski definition) is 2. The van der Waals surface area contributed by atoms with Crippen molar-refractivity contribution in [1.82, 2.24) is 15.3 Å². The first-order valence-electron chi connectivity index (χ1n) is 6.02. The van der Waals surface area contributed by atoms with E-state index in [1.165, 1.54) is 0 Å². The van der Waals surface area contributed by atoms with Crippen LogP contribution in [0.15, 0.2) is 4.79 Å². The first kappa shape index (κ1) is 12.6. The minimum Gasteiger partial charge on any atom is -0.317 e. The van der Waals surface area contributed by atoms with Crippen LogP contribution < -0.4 is 10.9 Å². The summed E-state index contributed by atoms with van der Waals surface area (Å²) in [5.74, 6) is 0.753. The van der Waals surface area contributed by atoms with Gasteiger partial charge in [0.1, 0.15) is 5.82 Å². The molecule has 0 bridgehead atoms. The third-order valence-electron chi connectivity index (χ3n) is 4.05. The number of aryl methyl sites for hydroxylation is 1. The molecule has 3 rings (SSSR count). The van der Waals surface area contributed by atoms with Crippen molar-refractivity contribution in [2.45, 2.75) is 38.0 Å². The molecule has 1 fully saturated rings. The molecule has 2 aliphatic rings. The van der Waals surface area contributed by atoms with Crippen LogP contribution in [-0.2, 0) is 11.8 Å². The Morgan fingerprint density at radius 3 is 2.65 bits per heavy atom. The lowest BCUT2D eigenvalue weighted by atomic mass is 9.77. The lowest BCUT2D eigenvalue weighted by Gasteiger charge is -2.33. The second kappa shape index (κ2) is 4.42. The highest BCUT2D eigenvalue weighted by Gasteiger charge is 2.42. The molecule has 0 unspecified atom stereocenters. The minimum atomic E-state index is 0. The van der Waals surface area contributed by atoms with Crippen LogP contribution in [0.1, 0.15) is 36.3 Å². The molecule has 94 valence electrons. The number of nitrogens with zero attached hydrogens (tertiary/aromatic N) is 1. The average Bonchev–Trinajstić information content (AvgIpc) is 2.59. The number of rotatable bonds is 0. The van der Waals surface area contributed by atoms with Crippen molar-refractivity contribution in [2.75, 3.05) is 13.1 Å². The second-order valence-corrected chi connectivity index (χ2v) is 5.01. The summed E-state index contributed by atoms with van der Waals surface area (Å²) >= 11 is 0. The van der Waals surface area contributed by atoms with E-state index in [1.807, 2.05) is 6.92 Å². The summed E-state index contributed by atoms with van der Waals surface area (Å²) in [6, 6.07) is 0. The summed E-state index contributed by atoms with van der Waals surface area (Å²) in [7, 11) is 0. The predicted octanol–water partition coefficient (Wildman–Crippen LogP) is 1.07. The SMILES string of the molecule is Cc1nc2c(c(=O)[nH]1)CCC21CCNCC1.Cl. The van der Waals surface area contributed by atoms with Gasteiger partial charge in [-0.15, -0.1) is 12.4 Å². The Kier molecular flexibility index (Phi) is 3.27. The van der Waals surface area contributed by atoms with Crippen molar-refractivity contribution in [3.63, 3.8) is 0 Å². The molecule has 5 heteroatoms. The van der Waals surface area contributed by atoms with Crippen molar-refractivity contribution < 1.29 is 0 Å². The van der Waals surface area contributed by atoms with Gasteiger partial charge in [0, 0.05) is 11.0 Å². The van der Waals surface area contributed by atoms with Crippen LogP contribution in [0.5, 0.6) is 0 Å². The minimum absolute atomic E-state index is 0. The lowest BCUT2D eigenvalue weighted by Crippen LogP contribution is -2.39. The van der Waals surface area contributed by atoms with E-state index in [2.05, 4.69) is 15.3 Å². The molecular formula is C12H18ClN3O. The van der Waals surface area contributed by atoms with Crippen LogP contribution in [0.2, 0.25) is 0 Å². The van der Waals surface area contributed by atoms with E-state index >= 15 is 0 Å². The van der Waals surface area contributed by atoms with Crippen molar-refractivity contribution in [3.05, 3.63) is 27.4 Å². The predicted molar refractivity (Wildman–Crippen MR) is 68.9 cm³/mol. The summed E-state index contributed by atoms with van der Waals surface area (Å²) in [5.41, 5.74) is 2.31. The van der Waals surface area contributed by atoms with Crippen LogP contribution in [0.4, 0.5) is 0 Å². The van der Waals surface area contributed by atoms with Gasteiger partial charge in [-0.1, -0.05) is 0 Å². The molecule has 1 aliphatic carbocycles. The number of piperidine rings is 1. The first-order valence-corrected chi connectivity index (χ1v) is 6.02. The van der Waals surface area contributed by atoms with E-state index in [0.29, 0.717) is 0 Å². The smallest absolute Gasteiger partial charge is 0.254 e. The number of aromatic amines is 1. The zero-order valence-electron chi connectivity index (χ0n) is 10.0. The van der Waals surface area contributed by atoms with E-state index in [9.17, 15) is 4.79 Å². The highest BCUT2D eigenvalue weighted by molar-refractivity contribution is 5.85. The molecule has 1 aromatic heterocycles. The van der Waals surface area contributed by atoms with Crippen LogP contribution in [0.3, 0.4) is 0 Å². The van der Waals surface area contributed by atoms with Crippen LogP contribution in [0, 0.1) is 6.92 Å². The zero-order valence-corrected chi connectivity index (χ0v) is 10.8. The summed E-state index contributed by atoms with van der Waals surface area (Å²) in [4.78, 5) is 19.3. The summed E-state index contributed by atoms with van der Waals surface area (Å²) < 4.78 is 0. The van der Waals surface area contributed by atoms with Crippen LogP contribution in [-0.4, -0.2) is 23.1 Å². The van der Waals surface area contributed by atoms with E-state index < -0.39 is 0 Å². The fraction of sp³-hybridized carbons (Fsp3) is 0.667. The van der Waals surface area contributed by atoms with Gasteiger partial charge < -0.3 is 10.3 Å². The van der Waals surface area contributed by atoms with E-state index in [0.717, 1.165) is 55.9 Å². The van der Waals surface area contributed by atoms with Crippen molar-refractivity contribution in [3.8, 4) is 0 Å². The quantitative estimate of drug-likeness (QED) is 0.729. The van der Waals surface area contributed by atoms with Gasteiger partial charge in [-0.05, 0) is 45.7 Å². The molecule has 0 atom stereocenters. The molecule has 1 spiro atoms. The molecular weight excluding hydrogens is 238 g/mol. The van der Waals surface area contributed by atoms with Gasteiger partial charge >= 0.3 is 0 Å². The van der Waals surface area contributed by atoms with Gasteiger partial charge in [0.15, 0.2) is 0 Å². The molecule has 17 heavy (non-hydrogen) atoms. The molecule has 1 aliphatic heterocycles. The van der Waals surface area contributed by atoms with Gasteiger partial charge in [0.05, 0.1) is 5.69 Å². The van der Waals surface area contributed by atoms with Crippen LogP contribution >= 0.6 is 12.4 Å². The molecule has 0 saturated carbocycles. The number of hydrogen-bond acceptors (Lipinski definition) is 3. The van der Waals surface area contributed by atoms with Crippen LogP contribution in [0.25, 0.3) is 0 Å². The molecule has 0 aromatic carbocycles. The Hall–Kier alpha value is -0.870. The van der Waals surface area contributed by atoms with E-state index in [-0.39, 0.29) is 23.4 Å². The number of fused-ring (bicyclic) bond motifs is 2. The summed E-state index contributed by atoms with van der Waals surface area (Å²) in [6.07, 6.45) is 4.24. The maximum Gasteiger partial charge on any atom is 0.254 e. The largest absolute Gasteiger partial charge is 0.317 e. The highest BCUT2D eigenvalue weighted by atomic mass is 35.5. The van der Waals surface area contributed by atoms with Gasteiger partial charge in [-0.2, -0.15) is 0 Å². The Bertz CT molecular complexity index is 477. The van der Waals surface area contributed by atoms with Crippen molar-refractivity contribution >= 4 is 12.4 Å². The fourth-order valence-corrected chi connectivity index (χ4v) is 3.16. The van der Waals surface area contributed by atoms with Crippen molar-refractivity contribution in [2.24, 2.45) is 0 Å². The Labute approximate surface area is 107 Å². The topological polar surface area (TPSA) is 57.8 Å². The molecule has 1 saturated heterocycles. The molecule has 2 heterocycles. The molecule has 0 radical (unpaired) electrons. The molecule has 1 aromatic rings. The monoisotopic (exact) mass is 255 g/mol. The Morgan fingerprint density at radius 1 is 1.24 bits per heavy atom. The molecule has 2 N–H and O–H groups in total. The Morgan fingerprint density at radius 2 is 1.94 bits per heavy atom. The van der Waals surface area contributed by atoms with Gasteiger partial charge in [0.2, 0.25) is 0 Å². The maximum atomic E-state index is 11.8. The van der Waals surface area contributed by atoms with Gasteiger partial charge in [0.25, 0.3) is 5.56 Å². The average molecular weight is 256 g/mol.